The number of aromatic nitrogens is 2. The van der Waals surface area contributed by atoms with Crippen molar-refractivity contribution in [2.45, 2.75) is 13.8 Å². The van der Waals surface area contributed by atoms with Gasteiger partial charge in [-0.15, -0.1) is 0 Å². The van der Waals surface area contributed by atoms with E-state index in [2.05, 4.69) is 15.6 Å². The second-order valence-corrected chi connectivity index (χ2v) is 6.13. The van der Waals surface area contributed by atoms with E-state index in [0.717, 1.165) is 15.8 Å². The lowest BCUT2D eigenvalue weighted by atomic mass is 10.1. The minimum absolute atomic E-state index is 0.0404. The number of hydrogen-bond donors (Lipinski definition) is 1. The molecule has 1 N–H and O–H groups in total. The van der Waals surface area contributed by atoms with Gasteiger partial charge in [0.1, 0.15) is 11.6 Å². The Hall–Kier alpha value is -4.05. The molecule has 0 radical (unpaired) electrons. The maximum atomic E-state index is 12.6. The van der Waals surface area contributed by atoms with Crippen molar-refractivity contribution in [3.63, 3.8) is 0 Å². The predicted molar refractivity (Wildman–Crippen MR) is 106 cm³/mol. The molecule has 0 saturated heterocycles. The summed E-state index contributed by atoms with van der Waals surface area (Å²) in [5.41, 5.74) is 4.22. The molecule has 1 heterocycles. The van der Waals surface area contributed by atoms with Gasteiger partial charge in [-0.25, -0.2) is 5.43 Å². The molecule has 138 valence electrons. The first kappa shape index (κ1) is 18.7. The van der Waals surface area contributed by atoms with Crippen molar-refractivity contribution < 1.29 is 4.79 Å². The largest absolute Gasteiger partial charge is 0.292 e. The Kier molecular flexibility index (Phi) is 5.42. The van der Waals surface area contributed by atoms with Crippen LogP contribution in [-0.4, -0.2) is 21.9 Å². The van der Waals surface area contributed by atoms with Crippen LogP contribution in [-0.2, 0) is 0 Å². The molecule has 3 rings (SSSR count). The highest BCUT2D eigenvalue weighted by Gasteiger charge is 2.19. The number of hydrogen-bond acceptors (Lipinski definition) is 5. The fraction of sp³-hybridized carbons (Fsp3) is 0.0952. The molecule has 0 aliphatic rings. The van der Waals surface area contributed by atoms with Crippen LogP contribution < -0.4 is 11.0 Å². The van der Waals surface area contributed by atoms with Crippen LogP contribution in [0.1, 0.15) is 32.7 Å². The number of nitrogens with zero attached hydrogens (tertiary/aromatic N) is 4. The lowest BCUT2D eigenvalue weighted by Crippen LogP contribution is -2.31. The number of carbonyl (C=O) groups excluding carboxylic acids is 1. The number of nitriles is 1. The average molecular weight is 371 g/mol. The number of para-hydroxylation sites is 1. The van der Waals surface area contributed by atoms with E-state index in [0.29, 0.717) is 5.69 Å². The lowest BCUT2D eigenvalue weighted by molar-refractivity contribution is 0.0947. The van der Waals surface area contributed by atoms with Crippen LogP contribution in [0.4, 0.5) is 0 Å². The van der Waals surface area contributed by atoms with Gasteiger partial charge in [-0.05, 0) is 31.5 Å². The predicted octanol–water partition coefficient (Wildman–Crippen LogP) is 2.48. The summed E-state index contributed by atoms with van der Waals surface area (Å²) in [4.78, 5) is 25.1. The summed E-state index contributed by atoms with van der Waals surface area (Å²) >= 11 is 0. The van der Waals surface area contributed by atoms with E-state index in [1.165, 1.54) is 13.1 Å². The highest BCUT2D eigenvalue weighted by atomic mass is 16.2. The van der Waals surface area contributed by atoms with Crippen molar-refractivity contribution in [3.8, 4) is 11.8 Å². The third-order valence-corrected chi connectivity index (χ3v) is 4.09. The van der Waals surface area contributed by atoms with Crippen LogP contribution in [0.15, 0.2) is 64.5 Å². The molecule has 3 aromatic rings. The summed E-state index contributed by atoms with van der Waals surface area (Å²) in [5, 5.41) is 17.5. The molecule has 0 aliphatic carbocycles. The van der Waals surface area contributed by atoms with Gasteiger partial charge in [-0.3, -0.25) is 9.59 Å². The van der Waals surface area contributed by atoms with Crippen LogP contribution in [0.25, 0.3) is 5.69 Å². The first-order valence-corrected chi connectivity index (χ1v) is 8.51. The Morgan fingerprint density at radius 1 is 1.18 bits per heavy atom. The second-order valence-electron chi connectivity index (χ2n) is 6.13. The molecule has 0 atom stereocenters. The number of hydrazone groups is 1. The first-order valence-electron chi connectivity index (χ1n) is 8.51. The molecule has 0 unspecified atom stereocenters. The molecule has 0 saturated carbocycles. The van der Waals surface area contributed by atoms with Crippen molar-refractivity contribution in [2.24, 2.45) is 5.10 Å². The van der Waals surface area contributed by atoms with Crippen molar-refractivity contribution >= 4 is 12.1 Å². The Balaban J connectivity index is 1.96. The molecule has 28 heavy (non-hydrogen) atoms. The maximum Gasteiger partial charge on any atom is 0.292 e. The Morgan fingerprint density at radius 2 is 1.93 bits per heavy atom. The topological polar surface area (TPSA) is 100 Å². The molecule has 1 aromatic heterocycles. The lowest BCUT2D eigenvalue weighted by Gasteiger charge is -2.10. The summed E-state index contributed by atoms with van der Waals surface area (Å²) in [6, 6.07) is 18.1. The zero-order valence-corrected chi connectivity index (χ0v) is 15.4. The quantitative estimate of drug-likeness (QED) is 0.562. The van der Waals surface area contributed by atoms with E-state index >= 15 is 0 Å². The van der Waals surface area contributed by atoms with Crippen molar-refractivity contribution in [3.05, 3.63) is 92.9 Å². The molecule has 0 fully saturated rings. The number of benzene rings is 2. The number of carbonyl (C=O) groups is 1. The van der Waals surface area contributed by atoms with E-state index in [9.17, 15) is 14.9 Å². The molecular formula is C21H17N5O2. The fourth-order valence-electron chi connectivity index (χ4n) is 2.67. The third-order valence-electron chi connectivity index (χ3n) is 4.09. The minimum Gasteiger partial charge on any atom is -0.266 e. The zero-order valence-electron chi connectivity index (χ0n) is 15.4. The first-order chi connectivity index (χ1) is 13.5. The monoisotopic (exact) mass is 371 g/mol. The van der Waals surface area contributed by atoms with Gasteiger partial charge in [0.25, 0.3) is 11.5 Å². The smallest absolute Gasteiger partial charge is 0.266 e. The number of aryl methyl sites for hydroxylation is 1. The second kappa shape index (κ2) is 8.10. The number of nitrogens with one attached hydrogen (secondary N) is 1. The molecule has 0 bridgehead atoms. The van der Waals surface area contributed by atoms with Crippen LogP contribution in [0.2, 0.25) is 0 Å². The maximum absolute atomic E-state index is 12.6. The Labute approximate surface area is 161 Å². The van der Waals surface area contributed by atoms with Gasteiger partial charge in [-0.1, -0.05) is 48.0 Å². The van der Waals surface area contributed by atoms with E-state index in [1.807, 2.05) is 37.3 Å². The summed E-state index contributed by atoms with van der Waals surface area (Å²) in [6.45, 7) is 3.47. The van der Waals surface area contributed by atoms with Gasteiger partial charge in [0.2, 0.25) is 0 Å². The van der Waals surface area contributed by atoms with Crippen molar-refractivity contribution in [1.82, 2.24) is 15.2 Å². The molecule has 2 aromatic carbocycles. The highest BCUT2D eigenvalue weighted by molar-refractivity contribution is 5.94. The van der Waals surface area contributed by atoms with Crippen LogP contribution in [0.3, 0.4) is 0 Å². The van der Waals surface area contributed by atoms with Gasteiger partial charge >= 0.3 is 0 Å². The highest BCUT2D eigenvalue weighted by Crippen LogP contribution is 2.10. The van der Waals surface area contributed by atoms with Gasteiger partial charge in [0.05, 0.1) is 11.9 Å². The Morgan fingerprint density at radius 3 is 2.61 bits per heavy atom. The zero-order chi connectivity index (χ0) is 20.1. The molecule has 7 nitrogen and oxygen atoms in total. The third kappa shape index (κ3) is 3.86. The summed E-state index contributed by atoms with van der Waals surface area (Å²) < 4.78 is 1.05. The van der Waals surface area contributed by atoms with E-state index in [-0.39, 0.29) is 16.8 Å². The molecule has 0 spiro atoms. The van der Waals surface area contributed by atoms with E-state index in [1.54, 1.807) is 30.3 Å². The van der Waals surface area contributed by atoms with Gasteiger partial charge in [0, 0.05) is 5.56 Å². The fourth-order valence-corrected chi connectivity index (χ4v) is 2.67. The average Bonchev–Trinajstić information content (AvgIpc) is 2.69. The van der Waals surface area contributed by atoms with Crippen LogP contribution >= 0.6 is 0 Å². The van der Waals surface area contributed by atoms with E-state index < -0.39 is 11.5 Å². The van der Waals surface area contributed by atoms with Crippen molar-refractivity contribution in [1.29, 1.82) is 5.26 Å². The molecule has 1 amide bonds. The summed E-state index contributed by atoms with van der Waals surface area (Å²) in [7, 11) is 0. The molecular weight excluding hydrogens is 354 g/mol. The van der Waals surface area contributed by atoms with Crippen LogP contribution in [0, 0.1) is 25.2 Å². The summed E-state index contributed by atoms with van der Waals surface area (Å²) in [6.07, 6.45) is 1.51. The SMILES string of the molecule is Cc1cccc(/C=N/NC(=O)c2nn(-c3ccccc3)c(=O)c(C#N)c2C)c1. The van der Waals surface area contributed by atoms with E-state index in [4.69, 9.17) is 0 Å². The summed E-state index contributed by atoms with van der Waals surface area (Å²) in [5.74, 6) is -0.609. The van der Waals surface area contributed by atoms with Gasteiger partial charge in [0.15, 0.2) is 5.69 Å². The van der Waals surface area contributed by atoms with Gasteiger partial charge < -0.3 is 0 Å². The molecule has 0 aliphatic heterocycles. The van der Waals surface area contributed by atoms with Crippen LogP contribution in [0.5, 0.6) is 0 Å². The molecule has 7 heteroatoms. The number of amides is 1. The van der Waals surface area contributed by atoms with Crippen molar-refractivity contribution in [2.75, 3.05) is 0 Å². The van der Waals surface area contributed by atoms with Gasteiger partial charge in [-0.2, -0.15) is 20.1 Å². The number of rotatable bonds is 4. The Bertz CT molecular complexity index is 1160. The minimum atomic E-state index is -0.609. The standard InChI is InChI=1S/C21H17N5O2/c1-14-7-6-8-16(11-14)13-23-24-20(27)19-15(2)18(12-22)21(28)26(25-19)17-9-4-3-5-10-17/h3-11,13H,1-2H3,(H,24,27)/b23-13+. The normalized spacial score (nSPS) is 10.6.